The van der Waals surface area contributed by atoms with Gasteiger partial charge >= 0.3 is 0 Å². The molecule has 5 nitrogen and oxygen atoms in total. The van der Waals surface area contributed by atoms with Crippen LogP contribution in [0.1, 0.15) is 64.5 Å². The Morgan fingerprint density at radius 1 is 0.968 bits per heavy atom. The van der Waals surface area contributed by atoms with Crippen molar-refractivity contribution in [1.82, 2.24) is 15.2 Å². The number of nitrogens with zero attached hydrogens (tertiary/aromatic N) is 3. The molecule has 31 heavy (non-hydrogen) atoms. The topological polar surface area (TPSA) is 48.5 Å². The van der Waals surface area contributed by atoms with Gasteiger partial charge in [-0.15, -0.1) is 0 Å². The van der Waals surface area contributed by atoms with Crippen molar-refractivity contribution < 1.29 is 4.79 Å². The third-order valence-electron chi connectivity index (χ3n) is 6.53. The number of hydrogen-bond donors (Lipinski definition) is 1. The summed E-state index contributed by atoms with van der Waals surface area (Å²) in [6.45, 7) is 11.9. The predicted molar refractivity (Wildman–Crippen MR) is 126 cm³/mol. The first kappa shape index (κ1) is 22.0. The Labute approximate surface area is 186 Å². The van der Waals surface area contributed by atoms with E-state index in [9.17, 15) is 4.79 Å². The zero-order valence-electron chi connectivity index (χ0n) is 19.4. The summed E-state index contributed by atoms with van der Waals surface area (Å²) in [5.41, 5.74) is 3.81. The van der Waals surface area contributed by atoms with Crippen molar-refractivity contribution in [3.63, 3.8) is 0 Å². The number of piperidine rings is 1. The summed E-state index contributed by atoms with van der Waals surface area (Å²) in [4.78, 5) is 20.8. The minimum Gasteiger partial charge on any atom is -0.312 e. The van der Waals surface area contributed by atoms with Gasteiger partial charge in [0.15, 0.2) is 0 Å². The molecule has 0 radical (unpaired) electrons. The number of hydrogen-bond acceptors (Lipinski definition) is 4. The molecule has 1 N–H and O–H groups in total. The molecule has 2 fully saturated rings. The summed E-state index contributed by atoms with van der Waals surface area (Å²) in [6, 6.07) is 13.3. The highest BCUT2D eigenvalue weighted by Crippen LogP contribution is 2.33. The molecule has 166 valence electrons. The van der Waals surface area contributed by atoms with E-state index < -0.39 is 0 Å². The van der Waals surface area contributed by atoms with Gasteiger partial charge in [-0.1, -0.05) is 12.1 Å². The van der Waals surface area contributed by atoms with Crippen molar-refractivity contribution in [3.05, 3.63) is 59.9 Å². The standard InChI is InChI=1S/C26H36N4O/c1-25(2)16-23(17-26(3,4)28-25)29(19-21-11-13-27-14-12-21)18-20-7-9-22(10-8-20)30-15-5-6-24(30)31/h7-14,23,28H,5-6,15-19H2,1-4H3. The van der Waals surface area contributed by atoms with Gasteiger partial charge in [-0.05, 0) is 82.3 Å². The number of nitrogens with one attached hydrogen (secondary N) is 1. The molecule has 0 saturated carbocycles. The highest BCUT2D eigenvalue weighted by Gasteiger charge is 2.39. The first-order valence-electron chi connectivity index (χ1n) is 11.5. The van der Waals surface area contributed by atoms with E-state index in [2.05, 4.69) is 79.3 Å². The lowest BCUT2D eigenvalue weighted by Gasteiger charge is -2.49. The van der Waals surface area contributed by atoms with Crippen LogP contribution >= 0.6 is 0 Å². The van der Waals surface area contributed by atoms with Crippen LogP contribution in [0, 0.1) is 0 Å². The third kappa shape index (κ3) is 5.52. The average Bonchev–Trinajstić information content (AvgIpc) is 3.12. The number of pyridine rings is 1. The van der Waals surface area contributed by atoms with Crippen LogP contribution in [0.25, 0.3) is 0 Å². The molecule has 1 aromatic heterocycles. The maximum atomic E-state index is 12.1. The third-order valence-corrected chi connectivity index (χ3v) is 6.53. The van der Waals surface area contributed by atoms with Crippen molar-refractivity contribution in [3.8, 4) is 0 Å². The Kier molecular flexibility index (Phi) is 6.18. The molecular formula is C26H36N4O. The Balaban J connectivity index is 1.55. The van der Waals surface area contributed by atoms with Crippen LogP contribution in [-0.4, -0.2) is 39.5 Å². The van der Waals surface area contributed by atoms with Gasteiger partial charge in [-0.2, -0.15) is 0 Å². The molecule has 3 heterocycles. The number of carbonyl (C=O) groups excluding carboxylic acids is 1. The molecule has 0 unspecified atom stereocenters. The minimum absolute atomic E-state index is 0.100. The highest BCUT2D eigenvalue weighted by atomic mass is 16.2. The Bertz CT molecular complexity index is 875. The summed E-state index contributed by atoms with van der Waals surface area (Å²) in [5, 5.41) is 3.81. The van der Waals surface area contributed by atoms with Gasteiger partial charge in [0.2, 0.25) is 5.91 Å². The fourth-order valence-electron chi connectivity index (χ4n) is 5.50. The van der Waals surface area contributed by atoms with Crippen LogP contribution in [0.2, 0.25) is 0 Å². The molecule has 0 spiro atoms. The Morgan fingerprint density at radius 2 is 1.55 bits per heavy atom. The number of anilines is 1. The highest BCUT2D eigenvalue weighted by molar-refractivity contribution is 5.95. The lowest BCUT2D eigenvalue weighted by atomic mass is 9.79. The van der Waals surface area contributed by atoms with Crippen molar-refractivity contribution in [1.29, 1.82) is 0 Å². The summed E-state index contributed by atoms with van der Waals surface area (Å²) in [7, 11) is 0. The summed E-state index contributed by atoms with van der Waals surface area (Å²) < 4.78 is 0. The molecule has 1 amide bonds. The van der Waals surface area contributed by atoms with Gasteiger partial charge in [-0.3, -0.25) is 14.7 Å². The molecule has 0 atom stereocenters. The summed E-state index contributed by atoms with van der Waals surface area (Å²) in [5.74, 6) is 0.242. The predicted octanol–water partition coefficient (Wildman–Crippen LogP) is 4.52. The maximum absolute atomic E-state index is 12.1. The van der Waals surface area contributed by atoms with Crippen LogP contribution < -0.4 is 10.2 Å². The van der Waals surface area contributed by atoms with Crippen molar-refractivity contribution in [2.24, 2.45) is 0 Å². The van der Waals surface area contributed by atoms with Crippen molar-refractivity contribution >= 4 is 11.6 Å². The van der Waals surface area contributed by atoms with Gasteiger partial charge < -0.3 is 10.2 Å². The van der Waals surface area contributed by atoms with Crippen LogP contribution in [0.15, 0.2) is 48.8 Å². The summed E-state index contributed by atoms with van der Waals surface area (Å²) in [6.07, 6.45) is 7.62. The second kappa shape index (κ2) is 8.71. The molecule has 2 aromatic rings. The van der Waals surface area contributed by atoms with E-state index in [0.29, 0.717) is 12.5 Å². The molecule has 4 rings (SSSR count). The first-order chi connectivity index (χ1) is 14.7. The molecule has 2 saturated heterocycles. The largest absolute Gasteiger partial charge is 0.312 e. The van der Waals surface area contributed by atoms with Gasteiger partial charge in [0, 0.05) is 61.3 Å². The normalized spacial score (nSPS) is 21.1. The minimum atomic E-state index is 0.100. The monoisotopic (exact) mass is 420 g/mol. The van der Waals surface area contributed by atoms with E-state index in [1.54, 1.807) is 0 Å². The van der Waals surface area contributed by atoms with E-state index in [4.69, 9.17) is 0 Å². The average molecular weight is 421 g/mol. The molecule has 5 heteroatoms. The van der Waals surface area contributed by atoms with Crippen LogP contribution in [-0.2, 0) is 17.9 Å². The van der Waals surface area contributed by atoms with E-state index in [1.807, 2.05) is 17.3 Å². The number of amides is 1. The Morgan fingerprint density at radius 3 is 2.10 bits per heavy atom. The zero-order valence-corrected chi connectivity index (χ0v) is 19.4. The molecule has 2 aliphatic rings. The second-order valence-electron chi connectivity index (χ2n) is 10.5. The fourth-order valence-corrected chi connectivity index (χ4v) is 5.50. The number of rotatable bonds is 6. The molecule has 1 aromatic carbocycles. The van der Waals surface area contributed by atoms with Gasteiger partial charge in [0.25, 0.3) is 0 Å². The number of carbonyl (C=O) groups is 1. The van der Waals surface area contributed by atoms with Gasteiger partial charge in [-0.25, -0.2) is 0 Å². The zero-order chi connectivity index (χ0) is 22.1. The Hall–Kier alpha value is -2.24. The van der Waals surface area contributed by atoms with Crippen LogP contribution in [0.3, 0.4) is 0 Å². The lowest BCUT2D eigenvalue weighted by molar-refractivity contribution is -0.117. The van der Waals surface area contributed by atoms with E-state index in [0.717, 1.165) is 44.6 Å². The van der Waals surface area contributed by atoms with Gasteiger partial charge in [0.05, 0.1) is 0 Å². The van der Waals surface area contributed by atoms with E-state index >= 15 is 0 Å². The SMILES string of the molecule is CC1(C)CC(N(Cc2ccncc2)Cc2ccc(N3CCCC3=O)cc2)CC(C)(C)N1. The molecule has 2 aliphatic heterocycles. The van der Waals surface area contributed by atoms with Crippen molar-refractivity contribution in [2.75, 3.05) is 11.4 Å². The van der Waals surface area contributed by atoms with Crippen molar-refractivity contribution in [2.45, 2.75) is 83.6 Å². The first-order valence-corrected chi connectivity index (χ1v) is 11.5. The maximum Gasteiger partial charge on any atom is 0.227 e. The number of benzene rings is 1. The van der Waals surface area contributed by atoms with Crippen LogP contribution in [0.5, 0.6) is 0 Å². The lowest BCUT2D eigenvalue weighted by Crippen LogP contribution is -2.62. The van der Waals surface area contributed by atoms with Gasteiger partial charge in [0.1, 0.15) is 0 Å². The smallest absolute Gasteiger partial charge is 0.227 e. The van der Waals surface area contributed by atoms with E-state index in [-0.39, 0.29) is 17.0 Å². The second-order valence-corrected chi connectivity index (χ2v) is 10.5. The molecular weight excluding hydrogens is 384 g/mol. The molecule has 0 aliphatic carbocycles. The quantitative estimate of drug-likeness (QED) is 0.746. The number of aromatic nitrogens is 1. The summed E-state index contributed by atoms with van der Waals surface area (Å²) >= 11 is 0. The van der Waals surface area contributed by atoms with E-state index in [1.165, 1.54) is 11.1 Å². The fraction of sp³-hybridized carbons (Fsp3) is 0.538. The molecule has 0 bridgehead atoms. The van der Waals surface area contributed by atoms with Crippen LogP contribution in [0.4, 0.5) is 5.69 Å².